The van der Waals surface area contributed by atoms with Crippen LogP contribution in [0.3, 0.4) is 0 Å². The monoisotopic (exact) mass is 474 g/mol. The fourth-order valence-electron chi connectivity index (χ4n) is 4.59. The summed E-state index contributed by atoms with van der Waals surface area (Å²) in [6.07, 6.45) is 7.58. The number of carbonyl (C=O) groups is 2. The molecule has 2 heterocycles. The largest absolute Gasteiger partial charge is 0.491 e. The first-order chi connectivity index (χ1) is 17.2. The third-order valence-electron chi connectivity index (χ3n) is 6.54. The molecule has 0 spiro atoms. The Hall–Kier alpha value is -3.61. The van der Waals surface area contributed by atoms with E-state index in [1.54, 1.807) is 6.20 Å². The van der Waals surface area contributed by atoms with Gasteiger partial charge in [-0.25, -0.2) is 4.98 Å². The predicted octanol–water partition coefficient (Wildman–Crippen LogP) is 4.58. The van der Waals surface area contributed by atoms with Crippen molar-refractivity contribution in [1.29, 1.82) is 0 Å². The molecule has 0 aliphatic carbocycles. The highest BCUT2D eigenvalue weighted by Gasteiger charge is 2.28. The van der Waals surface area contributed by atoms with Gasteiger partial charge in [-0.2, -0.15) is 0 Å². The van der Waals surface area contributed by atoms with E-state index in [2.05, 4.69) is 22.1 Å². The van der Waals surface area contributed by atoms with Crippen molar-refractivity contribution in [3.63, 3.8) is 0 Å². The van der Waals surface area contributed by atoms with E-state index in [0.717, 1.165) is 37.8 Å². The van der Waals surface area contributed by atoms with Crippen molar-refractivity contribution in [2.75, 3.05) is 26.2 Å². The van der Waals surface area contributed by atoms with Gasteiger partial charge >= 0.3 is 0 Å². The van der Waals surface area contributed by atoms with E-state index in [9.17, 15) is 9.59 Å². The smallest absolute Gasteiger partial charge is 0.272 e. The minimum Gasteiger partial charge on any atom is -0.491 e. The zero-order valence-corrected chi connectivity index (χ0v) is 20.4. The second-order valence-electron chi connectivity index (χ2n) is 8.91. The van der Waals surface area contributed by atoms with Crippen LogP contribution in [0.4, 0.5) is 0 Å². The van der Waals surface area contributed by atoms with Gasteiger partial charge in [0.05, 0.1) is 24.1 Å². The predicted molar refractivity (Wildman–Crippen MR) is 136 cm³/mol. The van der Waals surface area contributed by atoms with Gasteiger partial charge in [0, 0.05) is 19.6 Å². The van der Waals surface area contributed by atoms with Crippen LogP contribution in [0.15, 0.2) is 67.1 Å². The van der Waals surface area contributed by atoms with E-state index < -0.39 is 0 Å². The molecular weight excluding hydrogens is 440 g/mol. The van der Waals surface area contributed by atoms with E-state index in [1.807, 2.05) is 59.2 Å². The molecule has 1 aliphatic heterocycles. The molecule has 0 radical (unpaired) electrons. The average molecular weight is 475 g/mol. The summed E-state index contributed by atoms with van der Waals surface area (Å²) < 4.78 is 6.31. The lowest BCUT2D eigenvalue weighted by Crippen LogP contribution is -2.46. The SMILES string of the molecule is CCN1CCCCCCN(C(=O)c2cnc[nH]2)[C@@H](Cc2ccccc2)COc2ccccc2C1=O. The van der Waals surface area contributed by atoms with Gasteiger partial charge in [0.25, 0.3) is 11.8 Å². The topological polar surface area (TPSA) is 78.5 Å². The maximum Gasteiger partial charge on any atom is 0.272 e. The summed E-state index contributed by atoms with van der Waals surface area (Å²) in [5.74, 6) is 0.464. The molecule has 1 N–H and O–H groups in total. The van der Waals surface area contributed by atoms with Crippen molar-refractivity contribution >= 4 is 11.8 Å². The molecule has 1 atom stereocenters. The Bertz CT molecular complexity index is 1080. The lowest BCUT2D eigenvalue weighted by Gasteiger charge is -2.32. The van der Waals surface area contributed by atoms with E-state index in [1.165, 1.54) is 6.33 Å². The van der Waals surface area contributed by atoms with Crippen LogP contribution in [-0.2, 0) is 6.42 Å². The molecule has 184 valence electrons. The van der Waals surface area contributed by atoms with Crippen molar-refractivity contribution in [3.05, 3.63) is 83.9 Å². The van der Waals surface area contributed by atoms with Gasteiger partial charge in [0.1, 0.15) is 18.1 Å². The Kier molecular flexibility index (Phi) is 8.54. The van der Waals surface area contributed by atoms with Gasteiger partial charge in [-0.3, -0.25) is 9.59 Å². The van der Waals surface area contributed by atoms with Crippen LogP contribution in [-0.4, -0.2) is 63.9 Å². The zero-order chi connectivity index (χ0) is 24.5. The number of imidazole rings is 1. The number of amides is 2. The first-order valence-electron chi connectivity index (χ1n) is 12.5. The van der Waals surface area contributed by atoms with Gasteiger partial charge < -0.3 is 19.5 Å². The fourth-order valence-corrected chi connectivity index (χ4v) is 4.59. The minimum atomic E-state index is -0.207. The number of rotatable bonds is 4. The van der Waals surface area contributed by atoms with E-state index in [0.29, 0.717) is 36.5 Å². The Morgan fingerprint density at radius 3 is 2.51 bits per heavy atom. The van der Waals surface area contributed by atoms with Gasteiger partial charge in [-0.05, 0) is 43.9 Å². The minimum absolute atomic E-state index is 0.00911. The van der Waals surface area contributed by atoms with Crippen molar-refractivity contribution in [2.24, 2.45) is 0 Å². The molecule has 0 unspecified atom stereocenters. The Morgan fingerprint density at radius 2 is 1.77 bits per heavy atom. The number of para-hydroxylation sites is 1. The van der Waals surface area contributed by atoms with Gasteiger partial charge in [0.15, 0.2) is 0 Å². The third kappa shape index (κ3) is 6.29. The summed E-state index contributed by atoms with van der Waals surface area (Å²) in [7, 11) is 0. The molecule has 3 aromatic rings. The first kappa shape index (κ1) is 24.5. The van der Waals surface area contributed by atoms with Gasteiger partial charge in [0.2, 0.25) is 0 Å². The van der Waals surface area contributed by atoms with Crippen molar-refractivity contribution in [1.82, 2.24) is 19.8 Å². The Balaban J connectivity index is 1.67. The average Bonchev–Trinajstić information content (AvgIpc) is 3.43. The molecule has 1 aliphatic rings. The second-order valence-corrected chi connectivity index (χ2v) is 8.91. The van der Waals surface area contributed by atoms with Crippen LogP contribution in [0.2, 0.25) is 0 Å². The van der Waals surface area contributed by atoms with E-state index in [-0.39, 0.29) is 24.5 Å². The molecule has 1 aromatic heterocycles. The summed E-state index contributed by atoms with van der Waals surface area (Å²) in [5, 5.41) is 0. The summed E-state index contributed by atoms with van der Waals surface area (Å²) in [5.41, 5.74) is 2.17. The number of hydrogen-bond acceptors (Lipinski definition) is 4. The quantitative estimate of drug-likeness (QED) is 0.600. The first-order valence-corrected chi connectivity index (χ1v) is 12.5. The molecule has 2 amide bonds. The fraction of sp³-hybridized carbons (Fsp3) is 0.393. The molecule has 4 rings (SSSR count). The van der Waals surface area contributed by atoms with Gasteiger partial charge in [-0.15, -0.1) is 0 Å². The molecule has 0 saturated carbocycles. The highest BCUT2D eigenvalue weighted by Crippen LogP contribution is 2.23. The summed E-state index contributed by atoms with van der Waals surface area (Å²) >= 11 is 0. The molecule has 0 saturated heterocycles. The summed E-state index contributed by atoms with van der Waals surface area (Å²) in [6.45, 7) is 4.31. The van der Waals surface area contributed by atoms with Crippen LogP contribution in [0.5, 0.6) is 5.75 Å². The van der Waals surface area contributed by atoms with Crippen LogP contribution in [0.25, 0.3) is 0 Å². The highest BCUT2D eigenvalue weighted by atomic mass is 16.5. The molecule has 2 aromatic carbocycles. The van der Waals surface area contributed by atoms with Crippen LogP contribution < -0.4 is 4.74 Å². The number of aromatic amines is 1. The Morgan fingerprint density at radius 1 is 1.03 bits per heavy atom. The molecule has 35 heavy (non-hydrogen) atoms. The van der Waals surface area contributed by atoms with Crippen molar-refractivity contribution in [3.8, 4) is 5.75 Å². The Labute approximate surface area is 207 Å². The lowest BCUT2D eigenvalue weighted by molar-refractivity contribution is 0.0592. The summed E-state index contributed by atoms with van der Waals surface area (Å²) in [6, 6.07) is 17.4. The lowest BCUT2D eigenvalue weighted by atomic mass is 10.0. The van der Waals surface area contributed by atoms with Crippen LogP contribution in [0.1, 0.15) is 59.0 Å². The number of H-pyrrole nitrogens is 1. The number of carbonyl (C=O) groups excluding carboxylic acids is 2. The van der Waals surface area contributed by atoms with Crippen LogP contribution in [0, 0.1) is 0 Å². The third-order valence-corrected chi connectivity index (χ3v) is 6.54. The van der Waals surface area contributed by atoms with E-state index in [4.69, 9.17) is 4.74 Å². The molecule has 7 nitrogen and oxygen atoms in total. The normalized spacial score (nSPS) is 17.9. The number of fused-ring (bicyclic) bond motifs is 1. The molecule has 0 fully saturated rings. The van der Waals surface area contributed by atoms with Crippen molar-refractivity contribution < 1.29 is 14.3 Å². The number of benzene rings is 2. The maximum atomic E-state index is 13.5. The number of nitrogens with one attached hydrogen (secondary N) is 1. The number of hydrogen-bond donors (Lipinski definition) is 1. The van der Waals surface area contributed by atoms with Gasteiger partial charge in [-0.1, -0.05) is 55.3 Å². The van der Waals surface area contributed by atoms with Crippen molar-refractivity contribution in [2.45, 2.75) is 45.1 Å². The number of nitrogens with zero attached hydrogens (tertiary/aromatic N) is 3. The zero-order valence-electron chi connectivity index (χ0n) is 20.4. The maximum absolute atomic E-state index is 13.5. The molecular formula is C28H34N4O3. The number of ether oxygens (including phenoxy) is 1. The summed E-state index contributed by atoms with van der Waals surface area (Å²) in [4.78, 5) is 37.6. The standard InChI is InChI=1S/C28H34N4O3/c1-2-31-16-10-3-4-11-17-32(28(34)25-19-29-21-30-25)23(18-22-12-6-5-7-13-22)20-35-26-15-9-8-14-24(26)27(31)33/h5-9,12-15,19,21,23H,2-4,10-11,16-18,20H2,1H3,(H,29,30)/t23-/m0/s1. The van der Waals surface area contributed by atoms with Crippen LogP contribution >= 0.6 is 0 Å². The van der Waals surface area contributed by atoms with E-state index >= 15 is 0 Å². The second kappa shape index (κ2) is 12.2. The molecule has 0 bridgehead atoms. The number of aromatic nitrogens is 2. The molecule has 7 heteroatoms. The highest BCUT2D eigenvalue weighted by molar-refractivity contribution is 5.97.